The van der Waals surface area contributed by atoms with Crippen LogP contribution in [0.25, 0.3) is 0 Å². The molecule has 0 bridgehead atoms. The fourth-order valence-electron chi connectivity index (χ4n) is 1.71. The van der Waals surface area contributed by atoms with Crippen LogP contribution in [0.2, 0.25) is 0 Å². The van der Waals surface area contributed by atoms with Crippen molar-refractivity contribution in [1.82, 2.24) is 10.3 Å². The zero-order valence-corrected chi connectivity index (χ0v) is 9.78. The van der Waals surface area contributed by atoms with Crippen LogP contribution in [0.1, 0.15) is 17.2 Å². The van der Waals surface area contributed by atoms with Crippen molar-refractivity contribution in [3.8, 4) is 0 Å². The minimum atomic E-state index is -0.904. The first-order valence-electron chi connectivity index (χ1n) is 5.67. The third-order valence-electron chi connectivity index (χ3n) is 2.62. The summed E-state index contributed by atoms with van der Waals surface area (Å²) in [7, 11) is 0. The van der Waals surface area contributed by atoms with Gasteiger partial charge in [-0.2, -0.15) is 0 Å². The number of nitrogens with zero attached hydrogens (tertiary/aromatic N) is 1. The van der Waals surface area contributed by atoms with Crippen LogP contribution >= 0.6 is 0 Å². The highest BCUT2D eigenvalue weighted by Gasteiger charge is 2.18. The molecule has 4 nitrogen and oxygen atoms in total. The number of nitrogens with one attached hydrogen (secondary N) is 1. The number of hydrogen-bond acceptors (Lipinski definition) is 3. The Labute approximate surface area is 105 Å². The number of benzene rings is 1. The van der Waals surface area contributed by atoms with Gasteiger partial charge in [0.05, 0.1) is 0 Å². The van der Waals surface area contributed by atoms with E-state index in [0.717, 1.165) is 5.56 Å². The van der Waals surface area contributed by atoms with E-state index in [4.69, 9.17) is 0 Å². The maximum atomic E-state index is 11.2. The van der Waals surface area contributed by atoms with Gasteiger partial charge in [0.2, 0.25) is 0 Å². The topological polar surface area (TPSA) is 62.2 Å². The Morgan fingerprint density at radius 1 is 1.22 bits per heavy atom. The Kier molecular flexibility index (Phi) is 4.04. The van der Waals surface area contributed by atoms with E-state index in [0.29, 0.717) is 12.1 Å². The molecule has 1 heterocycles. The van der Waals surface area contributed by atoms with Gasteiger partial charge in [-0.25, -0.2) is 0 Å². The van der Waals surface area contributed by atoms with Gasteiger partial charge >= 0.3 is 5.97 Å². The van der Waals surface area contributed by atoms with E-state index >= 15 is 0 Å². The minimum Gasteiger partial charge on any atom is -0.480 e. The maximum Gasteiger partial charge on any atom is 0.325 e. The molecule has 2 N–H and O–H groups in total. The van der Waals surface area contributed by atoms with E-state index in [-0.39, 0.29) is 0 Å². The molecule has 92 valence electrons. The van der Waals surface area contributed by atoms with E-state index in [1.807, 2.05) is 30.3 Å². The molecular weight excluding hydrogens is 228 g/mol. The second kappa shape index (κ2) is 5.93. The van der Waals surface area contributed by atoms with E-state index in [1.165, 1.54) is 0 Å². The van der Waals surface area contributed by atoms with Gasteiger partial charge in [-0.15, -0.1) is 0 Å². The molecule has 0 fully saturated rings. The molecule has 18 heavy (non-hydrogen) atoms. The molecule has 1 unspecified atom stereocenters. The predicted octanol–water partition coefficient (Wildman–Crippen LogP) is 2.00. The van der Waals surface area contributed by atoms with Gasteiger partial charge in [0.25, 0.3) is 0 Å². The zero-order valence-electron chi connectivity index (χ0n) is 9.78. The van der Waals surface area contributed by atoms with Crippen molar-refractivity contribution in [2.24, 2.45) is 0 Å². The van der Waals surface area contributed by atoms with Crippen LogP contribution in [0.15, 0.2) is 54.9 Å². The number of aromatic nitrogens is 1. The number of carboxylic acids is 1. The molecule has 1 aromatic heterocycles. The quantitative estimate of drug-likeness (QED) is 0.841. The van der Waals surface area contributed by atoms with Crippen molar-refractivity contribution >= 4 is 5.97 Å². The molecule has 0 aliphatic rings. The number of hydrogen-bond donors (Lipinski definition) is 2. The molecule has 0 aliphatic heterocycles. The molecule has 0 amide bonds. The first kappa shape index (κ1) is 12.3. The lowest BCUT2D eigenvalue weighted by Crippen LogP contribution is -2.28. The van der Waals surface area contributed by atoms with Crippen LogP contribution in [0.3, 0.4) is 0 Å². The van der Waals surface area contributed by atoms with Crippen LogP contribution in [-0.4, -0.2) is 16.1 Å². The second-order valence-corrected chi connectivity index (χ2v) is 3.92. The molecule has 0 spiro atoms. The molecule has 0 saturated carbocycles. The minimum absolute atomic E-state index is 0.507. The van der Waals surface area contributed by atoms with E-state index < -0.39 is 12.0 Å². The second-order valence-electron chi connectivity index (χ2n) is 3.92. The Morgan fingerprint density at radius 3 is 2.61 bits per heavy atom. The van der Waals surface area contributed by atoms with Crippen LogP contribution in [0, 0.1) is 0 Å². The number of carboxylic acid groups (broad SMARTS) is 1. The highest BCUT2D eigenvalue weighted by molar-refractivity contribution is 5.75. The Balaban J connectivity index is 2.06. The molecule has 0 saturated heterocycles. The fourth-order valence-corrected chi connectivity index (χ4v) is 1.71. The number of pyridine rings is 1. The molecule has 2 aromatic rings. The van der Waals surface area contributed by atoms with E-state index in [9.17, 15) is 9.90 Å². The summed E-state index contributed by atoms with van der Waals surface area (Å²) in [4.78, 5) is 15.2. The smallest absolute Gasteiger partial charge is 0.325 e. The monoisotopic (exact) mass is 242 g/mol. The lowest BCUT2D eigenvalue weighted by atomic mass is 10.1. The Bertz CT molecular complexity index is 500. The van der Waals surface area contributed by atoms with E-state index in [1.54, 1.807) is 24.5 Å². The first-order valence-corrected chi connectivity index (χ1v) is 5.67. The summed E-state index contributed by atoms with van der Waals surface area (Å²) in [5.41, 5.74) is 1.70. The van der Waals surface area contributed by atoms with Gasteiger partial charge in [0.1, 0.15) is 6.04 Å². The van der Waals surface area contributed by atoms with E-state index in [2.05, 4.69) is 10.3 Å². The number of rotatable bonds is 5. The summed E-state index contributed by atoms with van der Waals surface area (Å²) in [6, 6.07) is 12.4. The zero-order chi connectivity index (χ0) is 12.8. The van der Waals surface area contributed by atoms with Crippen LogP contribution < -0.4 is 5.32 Å². The summed E-state index contributed by atoms with van der Waals surface area (Å²) in [5.74, 6) is -0.904. The lowest BCUT2D eigenvalue weighted by molar-refractivity contribution is -0.139. The van der Waals surface area contributed by atoms with Crippen molar-refractivity contribution in [3.05, 3.63) is 66.0 Å². The molecule has 2 rings (SSSR count). The summed E-state index contributed by atoms with van der Waals surface area (Å²) in [6.07, 6.45) is 3.19. The standard InChI is InChI=1S/C14H14N2O2/c17-14(18)13(12-7-4-8-15-10-12)16-9-11-5-2-1-3-6-11/h1-8,10,13,16H,9H2,(H,17,18). The van der Waals surface area contributed by atoms with Gasteiger partial charge in [0.15, 0.2) is 0 Å². The summed E-state index contributed by atoms with van der Waals surface area (Å²) < 4.78 is 0. The van der Waals surface area contributed by atoms with Crippen molar-refractivity contribution in [3.63, 3.8) is 0 Å². The lowest BCUT2D eigenvalue weighted by Gasteiger charge is -2.14. The molecule has 0 aliphatic carbocycles. The number of carbonyl (C=O) groups is 1. The molecular formula is C14H14N2O2. The molecule has 1 aromatic carbocycles. The van der Waals surface area contributed by atoms with Gasteiger partial charge in [0, 0.05) is 18.9 Å². The summed E-state index contributed by atoms with van der Waals surface area (Å²) >= 11 is 0. The van der Waals surface area contributed by atoms with Crippen LogP contribution in [-0.2, 0) is 11.3 Å². The van der Waals surface area contributed by atoms with Crippen LogP contribution in [0.4, 0.5) is 0 Å². The maximum absolute atomic E-state index is 11.2. The third kappa shape index (κ3) is 3.15. The molecule has 1 atom stereocenters. The third-order valence-corrected chi connectivity index (χ3v) is 2.62. The normalized spacial score (nSPS) is 12.0. The first-order chi connectivity index (χ1) is 8.77. The van der Waals surface area contributed by atoms with Gasteiger partial charge in [-0.05, 0) is 17.2 Å². The van der Waals surface area contributed by atoms with Gasteiger partial charge < -0.3 is 5.11 Å². The Morgan fingerprint density at radius 2 is 2.00 bits per heavy atom. The van der Waals surface area contributed by atoms with Crippen molar-refractivity contribution in [1.29, 1.82) is 0 Å². The van der Waals surface area contributed by atoms with Gasteiger partial charge in [-0.3, -0.25) is 15.1 Å². The van der Waals surface area contributed by atoms with Crippen LogP contribution in [0.5, 0.6) is 0 Å². The predicted molar refractivity (Wildman–Crippen MR) is 67.9 cm³/mol. The summed E-state index contributed by atoms with van der Waals surface area (Å²) in [5, 5.41) is 12.2. The largest absolute Gasteiger partial charge is 0.480 e. The van der Waals surface area contributed by atoms with Crippen molar-refractivity contribution in [2.75, 3.05) is 0 Å². The Hall–Kier alpha value is -2.20. The van der Waals surface area contributed by atoms with Gasteiger partial charge in [-0.1, -0.05) is 36.4 Å². The SMILES string of the molecule is O=C(O)C(NCc1ccccc1)c1cccnc1. The highest BCUT2D eigenvalue weighted by Crippen LogP contribution is 2.12. The molecule has 4 heteroatoms. The van der Waals surface area contributed by atoms with Crippen molar-refractivity contribution in [2.45, 2.75) is 12.6 Å². The number of aliphatic carboxylic acids is 1. The average molecular weight is 242 g/mol. The fraction of sp³-hybridized carbons (Fsp3) is 0.143. The highest BCUT2D eigenvalue weighted by atomic mass is 16.4. The summed E-state index contributed by atoms with van der Waals surface area (Å²) in [6.45, 7) is 0.507. The van der Waals surface area contributed by atoms with Crippen molar-refractivity contribution < 1.29 is 9.90 Å². The average Bonchev–Trinajstić information content (AvgIpc) is 2.41. The molecule has 0 radical (unpaired) electrons.